The maximum absolute atomic E-state index is 12.6. The number of likely N-dealkylation sites (tertiary alicyclic amines) is 1. The summed E-state index contributed by atoms with van der Waals surface area (Å²) in [5.41, 5.74) is -0.565. The lowest BCUT2D eigenvalue weighted by atomic mass is 9.87. The van der Waals surface area contributed by atoms with Gasteiger partial charge in [0.2, 0.25) is 0 Å². The second-order valence-corrected chi connectivity index (χ2v) is 6.57. The number of carbonyl (C=O) groups is 3. The molecule has 0 atom stereocenters. The molecule has 0 saturated carbocycles. The summed E-state index contributed by atoms with van der Waals surface area (Å²) in [5.74, 6) is -0.256. The van der Waals surface area contributed by atoms with Gasteiger partial charge in [0.25, 0.3) is 11.8 Å². The van der Waals surface area contributed by atoms with E-state index in [2.05, 4.69) is 10.6 Å². The molecule has 128 valence electrons. The van der Waals surface area contributed by atoms with E-state index in [1.807, 2.05) is 0 Å². The Kier molecular flexibility index (Phi) is 4.31. The van der Waals surface area contributed by atoms with Crippen LogP contribution in [-0.2, 0) is 4.79 Å². The molecule has 0 aromatic heterocycles. The number of ether oxygens (including phenoxy) is 1. The quantitative estimate of drug-likeness (QED) is 0.776. The summed E-state index contributed by atoms with van der Waals surface area (Å²) in [6.45, 7) is 0.682. The van der Waals surface area contributed by atoms with Gasteiger partial charge in [0.15, 0.2) is 5.75 Å². The SMILES string of the molecule is COc1c(Cl)cc(C(=O)N2CCC3(CC2)NC(=O)NC3=O)cc1Cl. The summed E-state index contributed by atoms with van der Waals surface area (Å²) in [7, 11) is 1.44. The van der Waals surface area contributed by atoms with Crippen molar-refractivity contribution in [1.82, 2.24) is 15.5 Å². The van der Waals surface area contributed by atoms with Crippen LogP contribution in [0.4, 0.5) is 4.79 Å². The predicted octanol–water partition coefficient (Wildman–Crippen LogP) is 1.82. The van der Waals surface area contributed by atoms with Crippen LogP contribution in [0, 0.1) is 0 Å². The maximum Gasteiger partial charge on any atom is 0.322 e. The molecule has 2 aliphatic heterocycles. The summed E-state index contributed by atoms with van der Waals surface area (Å²) in [5, 5.41) is 5.40. The van der Waals surface area contributed by atoms with E-state index in [4.69, 9.17) is 27.9 Å². The van der Waals surface area contributed by atoms with E-state index in [-0.39, 0.29) is 21.9 Å². The Balaban J connectivity index is 1.74. The van der Waals surface area contributed by atoms with E-state index in [1.165, 1.54) is 19.2 Å². The van der Waals surface area contributed by atoms with Crippen LogP contribution in [-0.4, -0.2) is 48.5 Å². The molecule has 0 aliphatic carbocycles. The number of hydrogen-bond acceptors (Lipinski definition) is 4. The van der Waals surface area contributed by atoms with Crippen LogP contribution in [0.3, 0.4) is 0 Å². The highest BCUT2D eigenvalue weighted by molar-refractivity contribution is 6.37. The first-order valence-corrected chi connectivity index (χ1v) is 8.08. The van der Waals surface area contributed by atoms with Crippen LogP contribution in [0.1, 0.15) is 23.2 Å². The smallest absolute Gasteiger partial charge is 0.322 e. The summed E-state index contributed by atoms with van der Waals surface area (Å²) in [6, 6.07) is 2.51. The first kappa shape index (κ1) is 16.9. The Hall–Kier alpha value is -1.99. The molecule has 9 heteroatoms. The molecule has 2 saturated heterocycles. The topological polar surface area (TPSA) is 87.7 Å². The predicted molar refractivity (Wildman–Crippen MR) is 87.6 cm³/mol. The highest BCUT2D eigenvalue weighted by Gasteiger charge is 2.48. The van der Waals surface area contributed by atoms with Gasteiger partial charge in [-0.2, -0.15) is 0 Å². The molecular formula is C15H15Cl2N3O4. The maximum atomic E-state index is 12.6. The number of piperidine rings is 1. The lowest BCUT2D eigenvalue weighted by Gasteiger charge is -2.37. The first-order valence-electron chi connectivity index (χ1n) is 7.32. The van der Waals surface area contributed by atoms with Gasteiger partial charge in [-0.15, -0.1) is 0 Å². The summed E-state index contributed by atoms with van der Waals surface area (Å²) in [4.78, 5) is 37.5. The van der Waals surface area contributed by atoms with E-state index in [0.717, 1.165) is 0 Å². The monoisotopic (exact) mass is 371 g/mol. The molecule has 4 amide bonds. The minimum absolute atomic E-state index is 0.235. The molecule has 0 radical (unpaired) electrons. The van der Waals surface area contributed by atoms with Crippen molar-refractivity contribution in [2.45, 2.75) is 18.4 Å². The minimum Gasteiger partial charge on any atom is -0.494 e. The lowest BCUT2D eigenvalue weighted by Crippen LogP contribution is -2.55. The van der Waals surface area contributed by atoms with E-state index in [1.54, 1.807) is 4.90 Å². The molecule has 2 N–H and O–H groups in total. The minimum atomic E-state index is -0.914. The fourth-order valence-corrected chi connectivity index (χ4v) is 3.67. The van der Waals surface area contributed by atoms with Crippen LogP contribution in [0.15, 0.2) is 12.1 Å². The van der Waals surface area contributed by atoms with Gasteiger partial charge in [-0.05, 0) is 25.0 Å². The average molecular weight is 372 g/mol. The fourth-order valence-electron chi connectivity index (χ4n) is 3.03. The zero-order chi connectivity index (χ0) is 17.5. The molecular weight excluding hydrogens is 357 g/mol. The molecule has 3 rings (SSSR count). The van der Waals surface area contributed by atoms with Crippen LogP contribution in [0.5, 0.6) is 5.75 Å². The number of hydrogen-bond donors (Lipinski definition) is 2. The van der Waals surface area contributed by atoms with Gasteiger partial charge < -0.3 is 15.0 Å². The molecule has 2 heterocycles. The molecule has 1 spiro atoms. The molecule has 24 heavy (non-hydrogen) atoms. The number of carbonyl (C=O) groups excluding carboxylic acids is 3. The number of rotatable bonds is 2. The van der Waals surface area contributed by atoms with Crippen LogP contribution in [0.25, 0.3) is 0 Å². The first-order chi connectivity index (χ1) is 11.4. The highest BCUT2D eigenvalue weighted by Crippen LogP contribution is 2.34. The second-order valence-electron chi connectivity index (χ2n) is 5.76. The van der Waals surface area contributed by atoms with Crippen LogP contribution < -0.4 is 15.4 Å². The normalized spacial score (nSPS) is 19.2. The Morgan fingerprint density at radius 1 is 1.21 bits per heavy atom. The van der Waals surface area contributed by atoms with Gasteiger partial charge in [-0.1, -0.05) is 23.2 Å². The van der Waals surface area contributed by atoms with Crippen molar-refractivity contribution in [3.05, 3.63) is 27.7 Å². The molecule has 0 bridgehead atoms. The number of nitrogens with one attached hydrogen (secondary N) is 2. The highest BCUT2D eigenvalue weighted by atomic mass is 35.5. The number of imide groups is 1. The molecule has 1 aromatic rings. The molecule has 2 fully saturated rings. The number of halogens is 2. The number of nitrogens with zero attached hydrogens (tertiary/aromatic N) is 1. The Bertz CT molecular complexity index is 706. The number of amides is 4. The Labute approximate surface area is 148 Å². The van der Waals surface area contributed by atoms with E-state index >= 15 is 0 Å². The lowest BCUT2D eigenvalue weighted by molar-refractivity contribution is -0.125. The molecule has 1 aromatic carbocycles. The zero-order valence-electron chi connectivity index (χ0n) is 12.8. The van der Waals surface area contributed by atoms with E-state index in [9.17, 15) is 14.4 Å². The molecule has 7 nitrogen and oxygen atoms in total. The third-order valence-corrected chi connectivity index (χ3v) is 4.93. The van der Waals surface area contributed by atoms with E-state index < -0.39 is 11.6 Å². The summed E-state index contributed by atoms with van der Waals surface area (Å²) < 4.78 is 5.07. The van der Waals surface area contributed by atoms with Crippen LogP contribution in [0.2, 0.25) is 10.0 Å². The summed E-state index contributed by atoms with van der Waals surface area (Å²) >= 11 is 12.1. The van der Waals surface area contributed by atoms with Gasteiger partial charge in [-0.25, -0.2) is 4.79 Å². The van der Waals surface area contributed by atoms with Gasteiger partial charge in [0.05, 0.1) is 17.2 Å². The van der Waals surface area contributed by atoms with Gasteiger partial charge in [-0.3, -0.25) is 14.9 Å². The molecule has 0 unspecified atom stereocenters. The Morgan fingerprint density at radius 2 is 1.79 bits per heavy atom. The van der Waals surface area contributed by atoms with Crippen molar-refractivity contribution in [3.8, 4) is 5.75 Å². The summed E-state index contributed by atoms with van der Waals surface area (Å²) in [6.07, 6.45) is 0.710. The fraction of sp³-hybridized carbons (Fsp3) is 0.400. The van der Waals surface area contributed by atoms with Gasteiger partial charge in [0.1, 0.15) is 5.54 Å². The third kappa shape index (κ3) is 2.78. The van der Waals surface area contributed by atoms with Crippen molar-refractivity contribution >= 4 is 41.0 Å². The zero-order valence-corrected chi connectivity index (χ0v) is 14.3. The number of methoxy groups -OCH3 is 1. The molecule has 2 aliphatic rings. The van der Waals surface area contributed by atoms with Crippen molar-refractivity contribution in [1.29, 1.82) is 0 Å². The second kappa shape index (κ2) is 6.14. The van der Waals surface area contributed by atoms with Crippen LogP contribution >= 0.6 is 23.2 Å². The number of urea groups is 1. The van der Waals surface area contributed by atoms with Gasteiger partial charge in [0, 0.05) is 18.7 Å². The van der Waals surface area contributed by atoms with Crippen molar-refractivity contribution in [3.63, 3.8) is 0 Å². The van der Waals surface area contributed by atoms with Crippen molar-refractivity contribution in [2.75, 3.05) is 20.2 Å². The van der Waals surface area contributed by atoms with Crippen molar-refractivity contribution in [2.24, 2.45) is 0 Å². The standard InChI is InChI=1S/C15H15Cl2N3O4/c1-24-11-9(16)6-8(7-10(11)17)12(21)20-4-2-15(3-5-20)13(22)18-14(23)19-15/h6-7H,2-5H2,1H3,(H2,18,19,22,23). The van der Waals surface area contributed by atoms with Gasteiger partial charge >= 0.3 is 6.03 Å². The van der Waals surface area contributed by atoms with Crippen molar-refractivity contribution < 1.29 is 19.1 Å². The largest absolute Gasteiger partial charge is 0.494 e. The Morgan fingerprint density at radius 3 is 2.25 bits per heavy atom. The van der Waals surface area contributed by atoms with E-state index in [0.29, 0.717) is 37.2 Å². The number of benzene rings is 1. The third-order valence-electron chi connectivity index (χ3n) is 4.37. The average Bonchev–Trinajstić information content (AvgIpc) is 2.80.